The van der Waals surface area contributed by atoms with Crippen LogP contribution in [-0.2, 0) is 4.74 Å². The first-order valence-corrected chi connectivity index (χ1v) is 6.46. The van der Waals surface area contributed by atoms with E-state index in [1.54, 1.807) is 13.2 Å². The Bertz CT molecular complexity index is 350. The van der Waals surface area contributed by atoms with Crippen LogP contribution in [-0.4, -0.2) is 37.1 Å². The lowest BCUT2D eigenvalue weighted by atomic mass is 10.3. The number of carbonyl (C=O) groups excluding carboxylic acids is 1. The molecule has 1 heterocycles. The van der Waals surface area contributed by atoms with Crippen molar-refractivity contribution >= 4 is 29.9 Å². The molecule has 0 aliphatic heterocycles. The third-order valence-corrected chi connectivity index (χ3v) is 3.57. The van der Waals surface area contributed by atoms with Gasteiger partial charge < -0.3 is 9.64 Å². The van der Waals surface area contributed by atoms with E-state index in [4.69, 9.17) is 4.74 Å². The first-order chi connectivity index (χ1) is 7.56. The summed E-state index contributed by atoms with van der Waals surface area (Å²) in [5, 5.41) is 1.87. The fraction of sp³-hybridized carbons (Fsp3) is 0.545. The van der Waals surface area contributed by atoms with Crippen LogP contribution >= 0.6 is 24.0 Å². The first-order valence-electron chi connectivity index (χ1n) is 5.13. The third-order valence-electron chi connectivity index (χ3n) is 2.22. The highest BCUT2D eigenvalue weighted by molar-refractivity contribution is 7.80. The Hall–Kier alpha value is -0.520. The lowest BCUT2D eigenvalue weighted by Crippen LogP contribution is -2.38. The second kappa shape index (κ2) is 6.27. The van der Waals surface area contributed by atoms with E-state index in [1.165, 1.54) is 11.3 Å². The normalized spacial score (nSPS) is 10.8. The molecule has 1 aromatic heterocycles. The molecule has 1 rings (SSSR count). The lowest BCUT2D eigenvalue weighted by molar-refractivity contribution is 0.0639. The van der Waals surface area contributed by atoms with E-state index in [0.29, 0.717) is 13.2 Å². The van der Waals surface area contributed by atoms with Crippen molar-refractivity contribution in [1.29, 1.82) is 0 Å². The molecule has 0 aliphatic carbocycles. The SMILES string of the molecule is COCCN(C(=O)c1cc(S)cs1)C(C)C. The van der Waals surface area contributed by atoms with E-state index in [0.717, 1.165) is 9.77 Å². The van der Waals surface area contributed by atoms with Crippen molar-refractivity contribution in [2.45, 2.75) is 24.8 Å². The van der Waals surface area contributed by atoms with Crippen LogP contribution < -0.4 is 0 Å². The number of nitrogens with zero attached hydrogens (tertiary/aromatic N) is 1. The molecule has 5 heteroatoms. The number of thiol groups is 1. The number of amides is 1. The minimum Gasteiger partial charge on any atom is -0.383 e. The molecule has 0 saturated carbocycles. The summed E-state index contributed by atoms with van der Waals surface area (Å²) in [6.45, 7) is 5.18. The Morgan fingerprint density at radius 2 is 2.31 bits per heavy atom. The molecule has 3 nitrogen and oxygen atoms in total. The lowest BCUT2D eigenvalue weighted by Gasteiger charge is -2.25. The molecule has 0 aromatic carbocycles. The number of rotatable bonds is 5. The predicted molar refractivity (Wildman–Crippen MR) is 69.6 cm³/mol. The van der Waals surface area contributed by atoms with E-state index in [-0.39, 0.29) is 11.9 Å². The topological polar surface area (TPSA) is 29.5 Å². The van der Waals surface area contributed by atoms with Gasteiger partial charge in [-0.05, 0) is 19.9 Å². The van der Waals surface area contributed by atoms with Gasteiger partial charge in [0.1, 0.15) is 0 Å². The molecule has 90 valence electrons. The van der Waals surface area contributed by atoms with Crippen LogP contribution in [0.25, 0.3) is 0 Å². The van der Waals surface area contributed by atoms with Crippen LogP contribution in [0.15, 0.2) is 16.3 Å². The van der Waals surface area contributed by atoms with Crippen molar-refractivity contribution in [3.63, 3.8) is 0 Å². The van der Waals surface area contributed by atoms with E-state index in [9.17, 15) is 4.79 Å². The van der Waals surface area contributed by atoms with Gasteiger partial charge in [0.15, 0.2) is 0 Å². The molecule has 0 spiro atoms. The molecular weight excluding hydrogens is 242 g/mol. The highest BCUT2D eigenvalue weighted by Gasteiger charge is 2.19. The van der Waals surface area contributed by atoms with Gasteiger partial charge in [0.2, 0.25) is 0 Å². The number of ether oxygens (including phenoxy) is 1. The van der Waals surface area contributed by atoms with Crippen LogP contribution in [0.1, 0.15) is 23.5 Å². The fourth-order valence-electron chi connectivity index (χ4n) is 1.36. The molecule has 16 heavy (non-hydrogen) atoms. The van der Waals surface area contributed by atoms with Gasteiger partial charge in [-0.1, -0.05) is 0 Å². The monoisotopic (exact) mass is 259 g/mol. The third kappa shape index (κ3) is 3.50. The summed E-state index contributed by atoms with van der Waals surface area (Å²) in [5.74, 6) is 0.0531. The van der Waals surface area contributed by atoms with Gasteiger partial charge in [-0.25, -0.2) is 0 Å². The number of hydrogen-bond acceptors (Lipinski definition) is 4. The van der Waals surface area contributed by atoms with Crippen molar-refractivity contribution in [2.75, 3.05) is 20.3 Å². The summed E-state index contributed by atoms with van der Waals surface area (Å²) in [6, 6.07) is 1.98. The molecule has 0 saturated heterocycles. The number of thiophene rings is 1. The standard InChI is InChI=1S/C11H17NO2S2/c1-8(2)12(4-5-14-3)11(13)10-6-9(15)7-16-10/h6-8,15H,4-5H2,1-3H3. The van der Waals surface area contributed by atoms with Gasteiger partial charge in [0.25, 0.3) is 5.91 Å². The summed E-state index contributed by atoms with van der Waals surface area (Å²) < 4.78 is 5.01. The average Bonchev–Trinajstić information content (AvgIpc) is 2.64. The van der Waals surface area contributed by atoms with E-state index in [2.05, 4.69) is 12.6 Å². The predicted octanol–water partition coefficient (Wildman–Crippen LogP) is 2.53. The fourth-order valence-corrected chi connectivity index (χ4v) is 2.47. The van der Waals surface area contributed by atoms with Crippen LogP contribution in [0, 0.1) is 0 Å². The van der Waals surface area contributed by atoms with Gasteiger partial charge in [-0.3, -0.25) is 4.79 Å². The molecule has 0 bridgehead atoms. The minimum absolute atomic E-state index is 0.0531. The summed E-state index contributed by atoms with van der Waals surface area (Å²) >= 11 is 5.63. The highest BCUT2D eigenvalue weighted by Crippen LogP contribution is 2.20. The molecule has 1 aromatic rings. The maximum absolute atomic E-state index is 12.2. The largest absolute Gasteiger partial charge is 0.383 e. The first kappa shape index (κ1) is 13.5. The second-order valence-electron chi connectivity index (χ2n) is 3.75. The molecule has 0 aliphatic rings. The Morgan fingerprint density at radius 3 is 2.75 bits per heavy atom. The van der Waals surface area contributed by atoms with E-state index in [1.807, 2.05) is 24.1 Å². The number of methoxy groups -OCH3 is 1. The Labute approximate surface area is 106 Å². The zero-order valence-corrected chi connectivity index (χ0v) is 11.5. The molecule has 1 amide bonds. The summed E-state index contributed by atoms with van der Waals surface area (Å²) in [5.41, 5.74) is 0. The minimum atomic E-state index is 0.0531. The highest BCUT2D eigenvalue weighted by atomic mass is 32.1. The number of hydrogen-bond donors (Lipinski definition) is 1. The van der Waals surface area contributed by atoms with Gasteiger partial charge in [0.05, 0.1) is 11.5 Å². The van der Waals surface area contributed by atoms with E-state index < -0.39 is 0 Å². The van der Waals surface area contributed by atoms with Crippen LogP contribution in [0.3, 0.4) is 0 Å². The second-order valence-corrected chi connectivity index (χ2v) is 5.18. The van der Waals surface area contributed by atoms with Crippen molar-refractivity contribution in [3.8, 4) is 0 Å². The zero-order chi connectivity index (χ0) is 12.1. The van der Waals surface area contributed by atoms with Crippen molar-refractivity contribution in [2.24, 2.45) is 0 Å². The molecule has 0 fully saturated rings. The summed E-state index contributed by atoms with van der Waals surface area (Å²) in [6.07, 6.45) is 0. The Kier molecular flexibility index (Phi) is 5.31. The van der Waals surface area contributed by atoms with E-state index >= 15 is 0 Å². The van der Waals surface area contributed by atoms with Gasteiger partial charge in [-0.15, -0.1) is 24.0 Å². The Morgan fingerprint density at radius 1 is 1.62 bits per heavy atom. The zero-order valence-electron chi connectivity index (χ0n) is 9.77. The molecular formula is C11H17NO2S2. The Balaban J connectivity index is 2.74. The molecule has 0 N–H and O–H groups in total. The maximum Gasteiger partial charge on any atom is 0.264 e. The van der Waals surface area contributed by atoms with Crippen LogP contribution in [0.5, 0.6) is 0 Å². The van der Waals surface area contributed by atoms with Crippen molar-refractivity contribution in [3.05, 3.63) is 16.3 Å². The maximum atomic E-state index is 12.2. The van der Waals surface area contributed by atoms with Crippen LogP contribution in [0.4, 0.5) is 0 Å². The number of carbonyl (C=O) groups is 1. The molecule has 0 unspecified atom stereocenters. The van der Waals surface area contributed by atoms with Gasteiger partial charge in [0, 0.05) is 30.0 Å². The van der Waals surface area contributed by atoms with Crippen molar-refractivity contribution in [1.82, 2.24) is 4.90 Å². The quantitative estimate of drug-likeness (QED) is 0.823. The van der Waals surface area contributed by atoms with Crippen molar-refractivity contribution < 1.29 is 9.53 Å². The molecule has 0 radical (unpaired) electrons. The summed E-state index contributed by atoms with van der Waals surface area (Å²) in [7, 11) is 1.64. The van der Waals surface area contributed by atoms with Crippen LogP contribution in [0.2, 0.25) is 0 Å². The molecule has 0 atom stereocenters. The summed E-state index contributed by atoms with van der Waals surface area (Å²) in [4.78, 5) is 15.5. The van der Waals surface area contributed by atoms with Gasteiger partial charge >= 0.3 is 0 Å². The van der Waals surface area contributed by atoms with Gasteiger partial charge in [-0.2, -0.15) is 0 Å². The average molecular weight is 259 g/mol. The smallest absolute Gasteiger partial charge is 0.264 e.